The lowest BCUT2D eigenvalue weighted by Crippen LogP contribution is -1.85. The maximum Gasteiger partial charge on any atom is 0.170 e. The molecule has 0 amide bonds. The Hall–Kier alpha value is -1.97. The average molecular weight is 170 g/mol. The third kappa shape index (κ3) is 0.823. The molecule has 13 heavy (non-hydrogen) atoms. The summed E-state index contributed by atoms with van der Waals surface area (Å²) in [6, 6.07) is 5.84. The lowest BCUT2D eigenvalue weighted by molar-refractivity contribution is 1.10. The first-order valence-electron chi connectivity index (χ1n) is 3.98. The van der Waals surface area contributed by atoms with E-state index in [4.69, 9.17) is 0 Å². The van der Waals surface area contributed by atoms with Crippen LogP contribution in [0.5, 0.6) is 0 Å². The van der Waals surface area contributed by atoms with E-state index in [1.54, 1.807) is 12.5 Å². The van der Waals surface area contributed by atoms with Gasteiger partial charge in [0.1, 0.15) is 6.33 Å². The first-order valence-corrected chi connectivity index (χ1v) is 3.98. The summed E-state index contributed by atoms with van der Waals surface area (Å²) in [5.41, 5.74) is 1.80. The van der Waals surface area contributed by atoms with Gasteiger partial charge in [-0.05, 0) is 18.2 Å². The maximum atomic E-state index is 4.23. The van der Waals surface area contributed by atoms with Crippen LogP contribution >= 0.6 is 0 Å². The highest BCUT2D eigenvalue weighted by atomic mass is 15.2. The quantitative estimate of drug-likeness (QED) is 0.510. The molecule has 3 aromatic rings. The topological polar surface area (TPSA) is 43.1 Å². The maximum absolute atomic E-state index is 4.23. The van der Waals surface area contributed by atoms with Crippen molar-refractivity contribution in [1.29, 1.82) is 0 Å². The molecule has 0 aliphatic rings. The molecule has 3 heterocycles. The molecule has 0 fully saturated rings. The number of pyridine rings is 2. The summed E-state index contributed by atoms with van der Waals surface area (Å²) < 4.78 is 1.88. The molecule has 0 unspecified atom stereocenters. The van der Waals surface area contributed by atoms with Crippen molar-refractivity contribution in [3.63, 3.8) is 0 Å². The molecule has 0 saturated heterocycles. The van der Waals surface area contributed by atoms with E-state index in [1.807, 2.05) is 28.8 Å². The molecule has 3 aromatic heterocycles. The number of hydrogen-bond acceptors (Lipinski definition) is 3. The molecule has 0 spiro atoms. The lowest BCUT2D eigenvalue weighted by Gasteiger charge is -1.96. The lowest BCUT2D eigenvalue weighted by atomic mass is 10.2. The van der Waals surface area contributed by atoms with Crippen molar-refractivity contribution in [2.45, 2.75) is 0 Å². The fourth-order valence-electron chi connectivity index (χ4n) is 1.43. The molecule has 0 N–H and O–H groups in total. The molecule has 0 bridgehead atoms. The molecule has 0 aromatic carbocycles. The van der Waals surface area contributed by atoms with Gasteiger partial charge in [0.05, 0.1) is 5.52 Å². The first kappa shape index (κ1) is 6.54. The van der Waals surface area contributed by atoms with Crippen LogP contribution in [0.1, 0.15) is 0 Å². The minimum absolute atomic E-state index is 0.852. The Bertz CT molecular complexity index is 570. The van der Waals surface area contributed by atoms with Crippen LogP contribution in [0.25, 0.3) is 16.6 Å². The molecule has 62 valence electrons. The molecular formula is C9H6N4. The van der Waals surface area contributed by atoms with Crippen LogP contribution in [0.3, 0.4) is 0 Å². The van der Waals surface area contributed by atoms with Gasteiger partial charge < -0.3 is 0 Å². The van der Waals surface area contributed by atoms with Crippen molar-refractivity contribution in [1.82, 2.24) is 19.6 Å². The summed E-state index contributed by atoms with van der Waals surface area (Å²) in [6.07, 6.45) is 5.36. The van der Waals surface area contributed by atoms with Gasteiger partial charge in [0, 0.05) is 17.8 Å². The zero-order chi connectivity index (χ0) is 8.67. The van der Waals surface area contributed by atoms with Crippen LogP contribution in [-0.2, 0) is 0 Å². The van der Waals surface area contributed by atoms with Gasteiger partial charge in [0.25, 0.3) is 0 Å². The standard InChI is InChI=1S/C9H6N4/c1-2-7-8(10-4-1)3-5-13-6-11-12-9(7)13/h1-6H. The van der Waals surface area contributed by atoms with E-state index in [-0.39, 0.29) is 0 Å². The van der Waals surface area contributed by atoms with Crippen molar-refractivity contribution in [2.24, 2.45) is 0 Å². The van der Waals surface area contributed by atoms with Crippen LogP contribution in [0.15, 0.2) is 36.9 Å². The highest BCUT2D eigenvalue weighted by Crippen LogP contribution is 2.14. The van der Waals surface area contributed by atoms with Gasteiger partial charge in [0.15, 0.2) is 5.65 Å². The summed E-state index contributed by atoms with van der Waals surface area (Å²) in [5.74, 6) is 0. The Kier molecular flexibility index (Phi) is 1.14. The number of fused-ring (bicyclic) bond motifs is 3. The van der Waals surface area contributed by atoms with E-state index in [2.05, 4.69) is 15.2 Å². The molecule has 4 nitrogen and oxygen atoms in total. The minimum atomic E-state index is 0.852. The molecule has 0 aliphatic heterocycles. The fraction of sp³-hybridized carbons (Fsp3) is 0. The van der Waals surface area contributed by atoms with Gasteiger partial charge in [0.2, 0.25) is 0 Å². The van der Waals surface area contributed by atoms with E-state index in [0.29, 0.717) is 0 Å². The third-order valence-electron chi connectivity index (χ3n) is 2.05. The number of hydrogen-bond donors (Lipinski definition) is 0. The van der Waals surface area contributed by atoms with Crippen LogP contribution in [0, 0.1) is 0 Å². The highest BCUT2D eigenvalue weighted by molar-refractivity contribution is 5.90. The van der Waals surface area contributed by atoms with Crippen LogP contribution in [0.4, 0.5) is 0 Å². The van der Waals surface area contributed by atoms with E-state index < -0.39 is 0 Å². The van der Waals surface area contributed by atoms with Crippen molar-refractivity contribution >= 4 is 16.6 Å². The number of aromatic nitrogens is 4. The average Bonchev–Trinajstić information content (AvgIpc) is 2.65. The molecule has 0 radical (unpaired) electrons. The van der Waals surface area contributed by atoms with Crippen LogP contribution in [0.2, 0.25) is 0 Å². The smallest absolute Gasteiger partial charge is 0.170 e. The highest BCUT2D eigenvalue weighted by Gasteiger charge is 2.00. The third-order valence-corrected chi connectivity index (χ3v) is 2.05. The van der Waals surface area contributed by atoms with Gasteiger partial charge in [-0.1, -0.05) is 0 Å². The summed E-state index contributed by atoms with van der Waals surface area (Å²) in [5, 5.41) is 8.89. The van der Waals surface area contributed by atoms with E-state index >= 15 is 0 Å². The SMILES string of the molecule is c1cnc2ccn3cnnc3c2c1. The zero-order valence-electron chi connectivity index (χ0n) is 6.75. The largest absolute Gasteiger partial charge is 0.288 e. The van der Waals surface area contributed by atoms with Crippen molar-refractivity contribution in [3.8, 4) is 0 Å². The monoisotopic (exact) mass is 170 g/mol. The predicted octanol–water partition coefficient (Wildman–Crippen LogP) is 1.28. The van der Waals surface area contributed by atoms with Gasteiger partial charge in [-0.25, -0.2) is 0 Å². The Morgan fingerprint density at radius 2 is 2.23 bits per heavy atom. The summed E-state index contributed by atoms with van der Waals surface area (Å²) in [6.45, 7) is 0. The second-order valence-electron chi connectivity index (χ2n) is 2.81. The van der Waals surface area contributed by atoms with E-state index in [1.165, 1.54) is 0 Å². The van der Waals surface area contributed by atoms with Crippen molar-refractivity contribution < 1.29 is 0 Å². The Labute approximate surface area is 73.9 Å². The van der Waals surface area contributed by atoms with Gasteiger partial charge in [-0.3, -0.25) is 9.38 Å². The summed E-state index contributed by atoms with van der Waals surface area (Å²) >= 11 is 0. The van der Waals surface area contributed by atoms with Gasteiger partial charge in [-0.15, -0.1) is 10.2 Å². The van der Waals surface area contributed by atoms with Crippen molar-refractivity contribution in [2.75, 3.05) is 0 Å². The number of nitrogens with zero attached hydrogens (tertiary/aromatic N) is 4. The molecular weight excluding hydrogens is 164 g/mol. The Balaban J connectivity index is 2.65. The second-order valence-corrected chi connectivity index (χ2v) is 2.81. The van der Waals surface area contributed by atoms with E-state index in [9.17, 15) is 0 Å². The van der Waals surface area contributed by atoms with Gasteiger partial charge >= 0.3 is 0 Å². The van der Waals surface area contributed by atoms with E-state index in [0.717, 1.165) is 16.6 Å². The fourth-order valence-corrected chi connectivity index (χ4v) is 1.43. The zero-order valence-corrected chi connectivity index (χ0v) is 6.75. The normalized spacial score (nSPS) is 11.1. The summed E-state index contributed by atoms with van der Waals surface area (Å²) in [7, 11) is 0. The van der Waals surface area contributed by atoms with Crippen LogP contribution in [-0.4, -0.2) is 19.6 Å². The van der Waals surface area contributed by atoms with Crippen LogP contribution < -0.4 is 0 Å². The Morgan fingerprint density at radius 1 is 1.23 bits per heavy atom. The number of rotatable bonds is 0. The summed E-state index contributed by atoms with van der Waals surface area (Å²) in [4.78, 5) is 4.23. The molecule has 0 saturated carbocycles. The van der Waals surface area contributed by atoms with Gasteiger partial charge in [-0.2, -0.15) is 0 Å². The predicted molar refractivity (Wildman–Crippen MR) is 48.3 cm³/mol. The first-order chi connectivity index (χ1) is 6.45. The molecule has 0 atom stereocenters. The molecule has 0 aliphatic carbocycles. The molecule has 3 rings (SSSR count). The second kappa shape index (κ2) is 2.26. The van der Waals surface area contributed by atoms with Crippen molar-refractivity contribution in [3.05, 3.63) is 36.9 Å². The Morgan fingerprint density at radius 3 is 3.23 bits per heavy atom. The molecule has 4 heteroatoms. The minimum Gasteiger partial charge on any atom is -0.288 e.